The minimum atomic E-state index is -2.90. The highest BCUT2D eigenvalue weighted by Crippen LogP contribution is 1.95. The van der Waals surface area contributed by atoms with Gasteiger partial charge in [-0.1, -0.05) is 19.9 Å². The van der Waals surface area contributed by atoms with Crippen LogP contribution in [-0.4, -0.2) is 14.7 Å². The molecule has 0 saturated heterocycles. The zero-order valence-corrected chi connectivity index (χ0v) is 6.77. The zero-order valence-electron chi connectivity index (χ0n) is 5.96. The van der Waals surface area contributed by atoms with Crippen LogP contribution in [-0.2, 0) is 9.84 Å². The Kier molecular flexibility index (Phi) is 2.91. The van der Waals surface area contributed by atoms with Gasteiger partial charge in [-0.3, -0.25) is 0 Å². The van der Waals surface area contributed by atoms with Gasteiger partial charge in [0.25, 0.3) is 0 Å². The van der Waals surface area contributed by atoms with Crippen LogP contribution in [0.5, 0.6) is 0 Å². The molecule has 0 aliphatic heterocycles. The van der Waals surface area contributed by atoms with Crippen LogP contribution in [0, 0.1) is 5.92 Å². The molecule has 0 aliphatic carbocycles. The van der Waals surface area contributed by atoms with Crippen molar-refractivity contribution < 1.29 is 8.42 Å². The van der Waals surface area contributed by atoms with Crippen molar-refractivity contribution in [2.75, 3.05) is 6.26 Å². The van der Waals surface area contributed by atoms with E-state index in [1.807, 2.05) is 13.8 Å². The Labute approximate surface area is 56.5 Å². The predicted molar refractivity (Wildman–Crippen MR) is 38.8 cm³/mol. The molecule has 54 valence electrons. The van der Waals surface area contributed by atoms with E-state index in [1.165, 1.54) is 11.7 Å². The van der Waals surface area contributed by atoms with E-state index in [1.54, 1.807) is 6.08 Å². The summed E-state index contributed by atoms with van der Waals surface area (Å²) in [5.74, 6) is 0.305. The summed E-state index contributed by atoms with van der Waals surface area (Å²) in [6.45, 7) is 3.86. The Morgan fingerprint density at radius 3 is 1.89 bits per heavy atom. The summed E-state index contributed by atoms with van der Waals surface area (Å²) in [4.78, 5) is 0. The molecule has 0 spiro atoms. The normalized spacial score (nSPS) is 13.3. The van der Waals surface area contributed by atoms with Crippen LogP contribution in [0.3, 0.4) is 0 Å². The highest BCUT2D eigenvalue weighted by molar-refractivity contribution is 7.93. The van der Waals surface area contributed by atoms with Crippen LogP contribution < -0.4 is 0 Å². The molecule has 0 aromatic carbocycles. The largest absolute Gasteiger partial charge is 0.225 e. The maximum atomic E-state index is 10.4. The molecule has 0 bridgehead atoms. The molecule has 0 N–H and O–H groups in total. The van der Waals surface area contributed by atoms with Crippen molar-refractivity contribution in [1.29, 1.82) is 0 Å². The second kappa shape index (κ2) is 3.01. The lowest BCUT2D eigenvalue weighted by Gasteiger charge is -1.90. The lowest BCUT2D eigenvalue weighted by atomic mass is 10.2. The molecule has 0 unspecified atom stereocenters. The predicted octanol–water partition coefficient (Wildman–Crippen LogP) is 1.20. The number of allylic oxidation sites excluding steroid dienone is 1. The average molecular weight is 148 g/mol. The SMILES string of the molecule is CC(C)C=CS(C)(=O)=O. The summed E-state index contributed by atoms with van der Waals surface area (Å²) in [7, 11) is -2.90. The Balaban J connectivity index is 4.03. The fraction of sp³-hybridized carbons (Fsp3) is 0.667. The summed E-state index contributed by atoms with van der Waals surface area (Å²) < 4.78 is 20.9. The van der Waals surface area contributed by atoms with Crippen molar-refractivity contribution in [3.63, 3.8) is 0 Å². The number of sulfone groups is 1. The number of rotatable bonds is 2. The van der Waals surface area contributed by atoms with Crippen LogP contribution in [0.25, 0.3) is 0 Å². The summed E-state index contributed by atoms with van der Waals surface area (Å²) in [6.07, 6.45) is 2.85. The van der Waals surface area contributed by atoms with Crippen LogP contribution >= 0.6 is 0 Å². The highest BCUT2D eigenvalue weighted by atomic mass is 32.2. The molecule has 0 saturated carbocycles. The number of hydrogen-bond acceptors (Lipinski definition) is 2. The summed E-state index contributed by atoms with van der Waals surface area (Å²) in [5, 5.41) is 1.23. The van der Waals surface area contributed by atoms with Gasteiger partial charge in [0.15, 0.2) is 9.84 Å². The van der Waals surface area contributed by atoms with E-state index in [9.17, 15) is 8.42 Å². The van der Waals surface area contributed by atoms with E-state index in [0.29, 0.717) is 5.92 Å². The molecule has 0 aromatic heterocycles. The van der Waals surface area contributed by atoms with Gasteiger partial charge in [0.05, 0.1) is 0 Å². The smallest absolute Gasteiger partial charge is 0.168 e. The van der Waals surface area contributed by atoms with Gasteiger partial charge in [-0.25, -0.2) is 8.42 Å². The molecular formula is C6H12O2S. The first-order valence-electron chi connectivity index (χ1n) is 2.80. The van der Waals surface area contributed by atoms with Crippen LogP contribution in [0.15, 0.2) is 11.5 Å². The van der Waals surface area contributed by atoms with Crippen molar-refractivity contribution >= 4 is 9.84 Å². The number of hydrogen-bond donors (Lipinski definition) is 0. The topological polar surface area (TPSA) is 34.1 Å². The molecular weight excluding hydrogens is 136 g/mol. The monoisotopic (exact) mass is 148 g/mol. The lowest BCUT2D eigenvalue weighted by Crippen LogP contribution is -1.89. The van der Waals surface area contributed by atoms with Gasteiger partial charge in [-0.15, -0.1) is 0 Å². The maximum absolute atomic E-state index is 10.4. The third-order valence-electron chi connectivity index (χ3n) is 0.711. The van der Waals surface area contributed by atoms with Crippen molar-refractivity contribution in [2.45, 2.75) is 13.8 Å². The lowest BCUT2D eigenvalue weighted by molar-refractivity contribution is 0.609. The molecule has 0 radical (unpaired) electrons. The van der Waals surface area contributed by atoms with Crippen LogP contribution in [0.1, 0.15) is 13.8 Å². The highest BCUT2D eigenvalue weighted by Gasteiger charge is 1.92. The van der Waals surface area contributed by atoms with Gasteiger partial charge in [0.2, 0.25) is 0 Å². The third kappa shape index (κ3) is 7.69. The van der Waals surface area contributed by atoms with Gasteiger partial charge in [-0.2, -0.15) is 0 Å². The van der Waals surface area contributed by atoms with E-state index in [2.05, 4.69) is 0 Å². The fourth-order valence-corrected chi connectivity index (χ4v) is 0.900. The van der Waals surface area contributed by atoms with E-state index in [0.717, 1.165) is 0 Å². The molecule has 0 heterocycles. The van der Waals surface area contributed by atoms with E-state index >= 15 is 0 Å². The molecule has 0 rings (SSSR count). The fourth-order valence-electron chi connectivity index (χ4n) is 0.300. The van der Waals surface area contributed by atoms with Crippen molar-refractivity contribution in [1.82, 2.24) is 0 Å². The quantitative estimate of drug-likeness (QED) is 0.589. The Bertz CT molecular complexity index is 187. The Morgan fingerprint density at radius 1 is 1.33 bits per heavy atom. The van der Waals surface area contributed by atoms with E-state index in [4.69, 9.17) is 0 Å². The summed E-state index contributed by atoms with van der Waals surface area (Å²) >= 11 is 0. The van der Waals surface area contributed by atoms with Crippen LogP contribution in [0.2, 0.25) is 0 Å². The molecule has 0 aliphatic rings. The molecule has 2 nitrogen and oxygen atoms in total. The van der Waals surface area contributed by atoms with Crippen molar-refractivity contribution in [2.24, 2.45) is 5.92 Å². The van der Waals surface area contributed by atoms with Gasteiger partial charge in [0, 0.05) is 11.7 Å². The molecule has 9 heavy (non-hydrogen) atoms. The van der Waals surface area contributed by atoms with Crippen molar-refractivity contribution in [3.05, 3.63) is 11.5 Å². The van der Waals surface area contributed by atoms with E-state index in [-0.39, 0.29) is 0 Å². The molecule has 0 fully saturated rings. The van der Waals surface area contributed by atoms with Gasteiger partial charge < -0.3 is 0 Å². The first-order valence-corrected chi connectivity index (χ1v) is 4.75. The molecule has 0 amide bonds. The third-order valence-corrected chi connectivity index (χ3v) is 1.36. The van der Waals surface area contributed by atoms with Crippen molar-refractivity contribution in [3.8, 4) is 0 Å². The van der Waals surface area contributed by atoms with Gasteiger partial charge in [-0.05, 0) is 5.92 Å². The summed E-state index contributed by atoms with van der Waals surface area (Å²) in [6, 6.07) is 0. The molecule has 0 atom stereocenters. The maximum Gasteiger partial charge on any atom is 0.168 e. The molecule has 0 aromatic rings. The van der Waals surface area contributed by atoms with E-state index < -0.39 is 9.84 Å². The Morgan fingerprint density at radius 2 is 1.78 bits per heavy atom. The van der Waals surface area contributed by atoms with Crippen LogP contribution in [0.4, 0.5) is 0 Å². The Hall–Kier alpha value is -0.310. The van der Waals surface area contributed by atoms with Gasteiger partial charge >= 0.3 is 0 Å². The minimum absolute atomic E-state index is 0.305. The van der Waals surface area contributed by atoms with Gasteiger partial charge in [0.1, 0.15) is 0 Å². The minimum Gasteiger partial charge on any atom is -0.225 e. The molecule has 3 heteroatoms. The second-order valence-corrected chi connectivity index (χ2v) is 4.33. The zero-order chi connectivity index (χ0) is 7.49. The standard InChI is InChI=1S/C6H12O2S/c1-6(2)4-5-9(3,7)8/h4-6H,1-3H3. The first kappa shape index (κ1) is 8.69. The second-order valence-electron chi connectivity index (χ2n) is 2.40. The average Bonchev–Trinajstić information content (AvgIpc) is 1.59. The first-order chi connectivity index (χ1) is 3.92. The summed E-state index contributed by atoms with van der Waals surface area (Å²) in [5.41, 5.74) is 0.